The van der Waals surface area contributed by atoms with Crippen LogP contribution >= 0.6 is 22.9 Å². The minimum absolute atomic E-state index is 0.0391. The molecule has 0 radical (unpaired) electrons. The van der Waals surface area contributed by atoms with Crippen LogP contribution in [0.25, 0.3) is 10.2 Å². The van der Waals surface area contributed by atoms with Gasteiger partial charge in [0.2, 0.25) is 0 Å². The van der Waals surface area contributed by atoms with Crippen LogP contribution in [0.5, 0.6) is 0 Å². The summed E-state index contributed by atoms with van der Waals surface area (Å²) >= 11 is 6.52. The molecule has 0 bridgehead atoms. The molecule has 2 aromatic rings. The van der Waals surface area contributed by atoms with Gasteiger partial charge in [-0.05, 0) is 17.7 Å². The van der Waals surface area contributed by atoms with Crippen LogP contribution in [0, 0.1) is 0 Å². The number of fused-ring (bicyclic) bond motifs is 1. The normalized spacial score (nSPS) is 15.2. The number of thiazole rings is 1. The summed E-state index contributed by atoms with van der Waals surface area (Å²) in [6, 6.07) is 5.04. The van der Waals surface area contributed by atoms with Gasteiger partial charge >= 0.3 is 4.87 Å². The highest BCUT2D eigenvalue weighted by Gasteiger charge is 2.17. The Morgan fingerprint density at radius 2 is 2.19 bits per heavy atom. The fourth-order valence-electron chi connectivity index (χ4n) is 1.45. The maximum Gasteiger partial charge on any atom is 0.305 e. The van der Waals surface area contributed by atoms with Crippen molar-refractivity contribution >= 4 is 33.2 Å². The fourth-order valence-corrected chi connectivity index (χ4v) is 2.41. The molecule has 1 aromatic heterocycles. The largest absolute Gasteiger partial charge is 0.389 e. The second-order valence-electron chi connectivity index (χ2n) is 3.44. The first-order valence-corrected chi connectivity index (χ1v) is 6.02. The summed E-state index contributed by atoms with van der Waals surface area (Å²) < 4.78 is 0.753. The Morgan fingerprint density at radius 1 is 1.44 bits per heavy atom. The Morgan fingerprint density at radius 3 is 2.88 bits per heavy atom. The van der Waals surface area contributed by atoms with Gasteiger partial charge < -0.3 is 15.2 Å². The summed E-state index contributed by atoms with van der Waals surface area (Å²) in [4.78, 5) is 13.6. The van der Waals surface area contributed by atoms with Crippen molar-refractivity contribution in [1.29, 1.82) is 0 Å². The van der Waals surface area contributed by atoms with Gasteiger partial charge in [-0.2, -0.15) is 0 Å². The molecule has 0 aliphatic rings. The van der Waals surface area contributed by atoms with Crippen LogP contribution in [0.4, 0.5) is 0 Å². The van der Waals surface area contributed by atoms with E-state index in [-0.39, 0.29) is 10.8 Å². The third-order valence-corrected chi connectivity index (χ3v) is 3.47. The van der Waals surface area contributed by atoms with Crippen molar-refractivity contribution in [3.63, 3.8) is 0 Å². The molecule has 4 nitrogen and oxygen atoms in total. The summed E-state index contributed by atoms with van der Waals surface area (Å²) in [5, 5.41) is 19.1. The van der Waals surface area contributed by atoms with E-state index in [1.807, 2.05) is 0 Å². The fraction of sp³-hybridized carbons (Fsp3) is 0.300. The lowest BCUT2D eigenvalue weighted by Gasteiger charge is -2.15. The number of aromatic amines is 1. The zero-order chi connectivity index (χ0) is 11.7. The van der Waals surface area contributed by atoms with Crippen LogP contribution in [-0.4, -0.2) is 27.2 Å². The maximum atomic E-state index is 11.1. The first kappa shape index (κ1) is 11.6. The lowest BCUT2D eigenvalue weighted by atomic mass is 10.1. The summed E-state index contributed by atoms with van der Waals surface area (Å²) in [7, 11) is 0. The molecule has 0 aliphatic carbocycles. The van der Waals surface area contributed by atoms with Crippen molar-refractivity contribution in [3.05, 3.63) is 33.4 Å². The number of benzene rings is 1. The van der Waals surface area contributed by atoms with E-state index in [4.69, 9.17) is 11.6 Å². The van der Waals surface area contributed by atoms with Gasteiger partial charge in [0.1, 0.15) is 6.10 Å². The number of aliphatic hydroxyl groups is 2. The Hall–Kier alpha value is -0.880. The van der Waals surface area contributed by atoms with Gasteiger partial charge in [-0.25, -0.2) is 0 Å². The highest BCUT2D eigenvalue weighted by atomic mass is 35.5. The first-order chi connectivity index (χ1) is 7.61. The van der Waals surface area contributed by atoms with E-state index >= 15 is 0 Å². The van der Waals surface area contributed by atoms with Crippen LogP contribution < -0.4 is 4.87 Å². The van der Waals surface area contributed by atoms with Gasteiger partial charge in [0.15, 0.2) is 0 Å². The molecule has 0 fully saturated rings. The van der Waals surface area contributed by atoms with E-state index in [1.165, 1.54) is 0 Å². The van der Waals surface area contributed by atoms with Crippen LogP contribution in [0.15, 0.2) is 23.0 Å². The third-order valence-electron chi connectivity index (χ3n) is 2.31. The van der Waals surface area contributed by atoms with Crippen molar-refractivity contribution in [2.75, 3.05) is 5.88 Å². The smallest absolute Gasteiger partial charge is 0.305 e. The third kappa shape index (κ3) is 2.12. The van der Waals surface area contributed by atoms with E-state index < -0.39 is 12.2 Å². The molecule has 6 heteroatoms. The molecule has 2 unspecified atom stereocenters. The van der Waals surface area contributed by atoms with E-state index in [9.17, 15) is 15.0 Å². The highest BCUT2D eigenvalue weighted by molar-refractivity contribution is 7.16. The second kappa shape index (κ2) is 4.55. The van der Waals surface area contributed by atoms with Crippen molar-refractivity contribution < 1.29 is 10.2 Å². The van der Waals surface area contributed by atoms with Crippen molar-refractivity contribution in [3.8, 4) is 0 Å². The van der Waals surface area contributed by atoms with Crippen LogP contribution in [0.2, 0.25) is 0 Å². The lowest BCUT2D eigenvalue weighted by molar-refractivity contribution is 0.0328. The molecule has 0 saturated heterocycles. The molecular weight excluding hydrogens is 250 g/mol. The number of alkyl halides is 1. The standard InChI is InChI=1S/C10H10ClNO3S/c11-4-7(13)9(14)5-1-2-6-8(3-5)16-10(15)12-6/h1-3,7,9,13-14H,4H2,(H,12,15). The Labute approximate surface area is 100 Å². The molecule has 0 saturated carbocycles. The van der Waals surface area contributed by atoms with Gasteiger partial charge in [-0.15, -0.1) is 11.6 Å². The average molecular weight is 260 g/mol. The van der Waals surface area contributed by atoms with E-state index in [0.717, 1.165) is 21.6 Å². The predicted molar refractivity (Wildman–Crippen MR) is 64.1 cm³/mol. The molecule has 86 valence electrons. The molecule has 16 heavy (non-hydrogen) atoms. The minimum atomic E-state index is -1.03. The zero-order valence-corrected chi connectivity index (χ0v) is 9.76. The summed E-state index contributed by atoms with van der Waals surface area (Å²) in [5.74, 6) is -0.0391. The molecule has 0 spiro atoms. The molecule has 0 amide bonds. The van der Waals surface area contributed by atoms with E-state index in [1.54, 1.807) is 18.2 Å². The van der Waals surface area contributed by atoms with Crippen molar-refractivity contribution in [2.24, 2.45) is 0 Å². The number of H-pyrrole nitrogens is 1. The van der Waals surface area contributed by atoms with Crippen LogP contribution in [-0.2, 0) is 0 Å². The summed E-state index contributed by atoms with van der Waals surface area (Å²) in [6.07, 6.45) is -2.03. The van der Waals surface area contributed by atoms with Crippen LogP contribution in [0.3, 0.4) is 0 Å². The Balaban J connectivity index is 2.42. The molecule has 1 aromatic carbocycles. The quantitative estimate of drug-likeness (QED) is 0.726. The summed E-state index contributed by atoms with van der Waals surface area (Å²) in [6.45, 7) is 0. The van der Waals surface area contributed by atoms with Gasteiger partial charge in [0, 0.05) is 0 Å². The number of rotatable bonds is 3. The van der Waals surface area contributed by atoms with Gasteiger partial charge in [-0.3, -0.25) is 4.79 Å². The number of aliphatic hydroxyl groups excluding tert-OH is 2. The first-order valence-electron chi connectivity index (χ1n) is 4.66. The minimum Gasteiger partial charge on any atom is -0.389 e. The van der Waals surface area contributed by atoms with E-state index in [0.29, 0.717) is 5.56 Å². The average Bonchev–Trinajstić information content (AvgIpc) is 2.65. The number of nitrogens with one attached hydrogen (secondary N) is 1. The Bertz CT molecular complexity index is 550. The van der Waals surface area contributed by atoms with Crippen molar-refractivity contribution in [1.82, 2.24) is 4.98 Å². The number of hydrogen-bond donors (Lipinski definition) is 3. The molecule has 2 atom stereocenters. The number of hydrogen-bond acceptors (Lipinski definition) is 4. The topological polar surface area (TPSA) is 73.3 Å². The Kier molecular flexibility index (Phi) is 3.30. The van der Waals surface area contributed by atoms with Gasteiger partial charge in [0.05, 0.1) is 22.2 Å². The monoisotopic (exact) mass is 259 g/mol. The molecule has 1 heterocycles. The molecule has 3 N–H and O–H groups in total. The van der Waals surface area contributed by atoms with Gasteiger partial charge in [-0.1, -0.05) is 17.4 Å². The van der Waals surface area contributed by atoms with Crippen LogP contribution in [0.1, 0.15) is 11.7 Å². The maximum absolute atomic E-state index is 11.1. The molecule has 0 aliphatic heterocycles. The molecular formula is C10H10ClNO3S. The number of aromatic nitrogens is 1. The SMILES string of the molecule is O=c1[nH]c2ccc(C(O)C(O)CCl)cc2s1. The highest BCUT2D eigenvalue weighted by Crippen LogP contribution is 2.23. The van der Waals surface area contributed by atoms with E-state index in [2.05, 4.69) is 4.98 Å². The summed E-state index contributed by atoms with van der Waals surface area (Å²) in [5.41, 5.74) is 1.28. The van der Waals surface area contributed by atoms with Crippen molar-refractivity contribution in [2.45, 2.75) is 12.2 Å². The van der Waals surface area contributed by atoms with Gasteiger partial charge in [0.25, 0.3) is 0 Å². The number of halogens is 1. The second-order valence-corrected chi connectivity index (χ2v) is 4.76. The predicted octanol–water partition coefficient (Wildman–Crippen LogP) is 1.22. The zero-order valence-electron chi connectivity index (χ0n) is 8.18. The lowest BCUT2D eigenvalue weighted by Crippen LogP contribution is -2.19. The molecule has 2 rings (SSSR count).